The lowest BCUT2D eigenvalue weighted by Crippen LogP contribution is -2.11. The van der Waals surface area contributed by atoms with E-state index >= 15 is 0 Å². The number of benzene rings is 2. The maximum Gasteiger partial charge on any atom is 0.460 e. The summed E-state index contributed by atoms with van der Waals surface area (Å²) in [5, 5.41) is 0. The smallest absolute Gasteiger partial charge is 0.413 e. The molecule has 2 aromatic carbocycles. The van der Waals surface area contributed by atoms with Crippen LogP contribution in [-0.4, -0.2) is 19.9 Å². The van der Waals surface area contributed by atoms with E-state index in [4.69, 9.17) is 40.7 Å². The van der Waals surface area contributed by atoms with E-state index in [1.54, 1.807) is 73.3 Å². The predicted molar refractivity (Wildman–Crippen MR) is 181 cm³/mol. The summed E-state index contributed by atoms with van der Waals surface area (Å²) in [7, 11) is -11.9. The molecule has 0 aliphatic carbocycles. The van der Waals surface area contributed by atoms with Crippen LogP contribution < -0.4 is 27.1 Å². The minimum atomic E-state index is -3.97. The van der Waals surface area contributed by atoms with Crippen LogP contribution in [0.25, 0.3) is 11.1 Å². The van der Waals surface area contributed by atoms with Crippen molar-refractivity contribution >= 4 is 23.0 Å². The first kappa shape index (κ1) is 29.9. The predicted octanol–water partition coefficient (Wildman–Crippen LogP) is 9.87. The molecule has 2 aliphatic rings. The summed E-state index contributed by atoms with van der Waals surface area (Å²) < 4.78 is 55.4. The monoisotopic (exact) mass is 695 g/mol. The summed E-state index contributed by atoms with van der Waals surface area (Å²) in [5.41, 5.74) is 1.57. The van der Waals surface area contributed by atoms with Gasteiger partial charge in [0.1, 0.15) is 34.5 Å². The number of rotatable bonds is 8. The number of pyridine rings is 4. The Kier molecular flexibility index (Phi) is 7.86. The number of fused-ring (bicyclic) bond motifs is 3. The highest BCUT2D eigenvalue weighted by Gasteiger charge is 2.50. The lowest BCUT2D eigenvalue weighted by atomic mass is 10.0. The van der Waals surface area contributed by atoms with E-state index in [0.29, 0.717) is 34.5 Å². The Balaban J connectivity index is 1.45. The molecule has 0 atom stereocenters. The first-order valence-corrected chi connectivity index (χ1v) is 19.1. The second-order valence-corrected chi connectivity index (χ2v) is 16.2. The van der Waals surface area contributed by atoms with Gasteiger partial charge in [-0.3, -0.25) is 19.9 Å². The summed E-state index contributed by atoms with van der Waals surface area (Å²) in [4.78, 5) is 16.9. The molecule has 4 aromatic heterocycles. The second kappa shape index (κ2) is 12.6. The zero-order chi connectivity index (χ0) is 32.3. The molecule has 0 radical (unpaired) electrons. The molecule has 8 rings (SSSR count). The van der Waals surface area contributed by atoms with Gasteiger partial charge < -0.3 is 27.1 Å². The highest BCUT2D eigenvalue weighted by atomic mass is 31.3. The standard InChI is InChI=1S/C32H24N7O6P3/c1-3-15-31-29(13-1)30-14-2-4-16-32(30)45-48(44-31)38-46(40-25-9-5-17-33-21-25,41-26-10-6-18-34-22-26)37-47(39-48,42-27-11-7-19-35-23-27)43-28-12-8-20-36-24-28/h1-24H. The van der Waals surface area contributed by atoms with E-state index < -0.39 is 23.0 Å². The SMILES string of the molecule is c1cncc(OP2(Oc3cccnc3)=NP(Oc3cccnc3)(Oc3cccnc3)=NP3(=N2)Oc2ccccc2-c2ccccc2O3)c1. The molecule has 0 fully saturated rings. The third-order valence-electron chi connectivity index (χ3n) is 6.61. The average Bonchev–Trinajstić information content (AvgIpc) is 3.23. The Labute approximate surface area is 275 Å². The quantitative estimate of drug-likeness (QED) is 0.141. The number of para-hydroxylation sites is 2. The van der Waals surface area contributed by atoms with Crippen LogP contribution in [0, 0.1) is 0 Å². The number of hydrogen-bond donors (Lipinski definition) is 0. The molecule has 6 heterocycles. The summed E-state index contributed by atoms with van der Waals surface area (Å²) in [6.45, 7) is 0. The molecular formula is C32H24N7O6P3. The Hall–Kier alpha value is -5.47. The van der Waals surface area contributed by atoms with Crippen molar-refractivity contribution in [3.05, 3.63) is 147 Å². The maximum atomic E-state index is 6.80. The molecule has 13 nitrogen and oxygen atoms in total. The van der Waals surface area contributed by atoms with Gasteiger partial charge in [-0.2, -0.15) is 0 Å². The van der Waals surface area contributed by atoms with Gasteiger partial charge in [0.2, 0.25) is 0 Å². The zero-order valence-electron chi connectivity index (χ0n) is 24.8. The molecule has 0 saturated carbocycles. The minimum Gasteiger partial charge on any atom is -0.413 e. The molecule has 1 spiro atoms. The molecule has 2 aliphatic heterocycles. The van der Waals surface area contributed by atoms with Crippen molar-refractivity contribution in [1.82, 2.24) is 19.9 Å². The van der Waals surface area contributed by atoms with E-state index in [2.05, 4.69) is 19.9 Å². The molecule has 238 valence electrons. The highest BCUT2D eigenvalue weighted by molar-refractivity contribution is 7.79. The van der Waals surface area contributed by atoms with Crippen molar-refractivity contribution in [2.45, 2.75) is 0 Å². The Bertz CT molecular complexity index is 1970. The number of nitrogens with zero attached hydrogens (tertiary/aromatic N) is 7. The molecule has 0 unspecified atom stereocenters. The van der Waals surface area contributed by atoms with Gasteiger partial charge in [0.05, 0.1) is 24.8 Å². The van der Waals surface area contributed by atoms with Gasteiger partial charge in [0.25, 0.3) is 0 Å². The van der Waals surface area contributed by atoms with Crippen LogP contribution in [0.5, 0.6) is 34.5 Å². The van der Waals surface area contributed by atoms with Crippen molar-refractivity contribution in [3.63, 3.8) is 0 Å². The first-order valence-electron chi connectivity index (χ1n) is 14.5. The van der Waals surface area contributed by atoms with Crippen LogP contribution >= 0.6 is 23.0 Å². The van der Waals surface area contributed by atoms with Gasteiger partial charge in [-0.25, -0.2) is 0 Å². The molecule has 0 N–H and O–H groups in total. The van der Waals surface area contributed by atoms with Crippen LogP contribution in [-0.2, 0) is 0 Å². The van der Waals surface area contributed by atoms with Crippen LogP contribution in [0.2, 0.25) is 0 Å². The molecule has 0 bridgehead atoms. The molecule has 0 saturated heterocycles. The van der Waals surface area contributed by atoms with E-state index in [1.165, 1.54) is 24.8 Å². The third-order valence-corrected chi connectivity index (χ3v) is 14.7. The van der Waals surface area contributed by atoms with Gasteiger partial charge in [0.15, 0.2) is 0 Å². The molecule has 16 heteroatoms. The summed E-state index contributed by atoms with van der Waals surface area (Å²) in [6, 6.07) is 28.8. The summed E-state index contributed by atoms with van der Waals surface area (Å²) in [6.07, 6.45) is 12.6. The maximum absolute atomic E-state index is 6.80. The third kappa shape index (κ3) is 6.27. The van der Waals surface area contributed by atoms with Crippen molar-refractivity contribution in [2.24, 2.45) is 13.5 Å². The average molecular weight is 696 g/mol. The highest BCUT2D eigenvalue weighted by Crippen LogP contribution is 2.79. The van der Waals surface area contributed by atoms with Crippen LogP contribution in [0.4, 0.5) is 0 Å². The fourth-order valence-electron chi connectivity index (χ4n) is 4.70. The van der Waals surface area contributed by atoms with Crippen LogP contribution in [0.3, 0.4) is 0 Å². The van der Waals surface area contributed by atoms with Gasteiger partial charge in [-0.1, -0.05) is 49.9 Å². The largest absolute Gasteiger partial charge is 0.460 e. The fraction of sp³-hybridized carbons (Fsp3) is 0. The Morgan fingerprint density at radius 1 is 0.396 bits per heavy atom. The normalized spacial score (nSPS) is 16.0. The molecule has 48 heavy (non-hydrogen) atoms. The summed E-state index contributed by atoms with van der Waals surface area (Å²) >= 11 is 0. The van der Waals surface area contributed by atoms with Gasteiger partial charge >= 0.3 is 23.0 Å². The second-order valence-electron chi connectivity index (χ2n) is 10.0. The van der Waals surface area contributed by atoms with E-state index in [-0.39, 0.29) is 0 Å². The van der Waals surface area contributed by atoms with E-state index in [9.17, 15) is 0 Å². The van der Waals surface area contributed by atoms with Crippen LogP contribution in [0.1, 0.15) is 0 Å². The topological polar surface area (TPSA) is 144 Å². The van der Waals surface area contributed by atoms with Crippen molar-refractivity contribution < 1.29 is 27.1 Å². The number of aromatic nitrogens is 4. The van der Waals surface area contributed by atoms with Crippen molar-refractivity contribution in [2.75, 3.05) is 0 Å². The lowest BCUT2D eigenvalue weighted by Gasteiger charge is -2.32. The molecular weight excluding hydrogens is 671 g/mol. The fourth-order valence-corrected chi connectivity index (χ4v) is 13.8. The van der Waals surface area contributed by atoms with E-state index in [1.807, 2.05) is 48.5 Å². The van der Waals surface area contributed by atoms with Crippen molar-refractivity contribution in [3.8, 4) is 45.6 Å². The Morgan fingerprint density at radius 3 is 1.15 bits per heavy atom. The lowest BCUT2D eigenvalue weighted by molar-refractivity contribution is 0.444. The van der Waals surface area contributed by atoms with Crippen molar-refractivity contribution in [1.29, 1.82) is 0 Å². The first-order chi connectivity index (χ1) is 23.6. The zero-order valence-corrected chi connectivity index (χ0v) is 27.5. The van der Waals surface area contributed by atoms with Gasteiger partial charge in [-0.15, -0.1) is 0 Å². The molecule has 6 aromatic rings. The van der Waals surface area contributed by atoms with Gasteiger partial charge in [0, 0.05) is 35.9 Å². The van der Waals surface area contributed by atoms with E-state index in [0.717, 1.165) is 11.1 Å². The number of hydrogen-bond acceptors (Lipinski definition) is 13. The summed E-state index contributed by atoms with van der Waals surface area (Å²) in [5.74, 6) is 2.23. The van der Waals surface area contributed by atoms with Crippen LogP contribution in [0.15, 0.2) is 160 Å². The van der Waals surface area contributed by atoms with Gasteiger partial charge in [-0.05, 0) is 60.7 Å². The minimum absolute atomic E-state index is 0.318. The Morgan fingerprint density at radius 2 is 0.771 bits per heavy atom. The molecule has 0 amide bonds.